The summed E-state index contributed by atoms with van der Waals surface area (Å²) in [6.45, 7) is 2.02. The third kappa shape index (κ3) is 7.62. The number of anilines is 1. The molecule has 1 aliphatic rings. The van der Waals surface area contributed by atoms with E-state index in [1.165, 1.54) is 12.1 Å². The number of aromatic nitrogens is 3. The van der Waals surface area contributed by atoms with Gasteiger partial charge >= 0.3 is 12.4 Å². The highest BCUT2D eigenvalue weighted by atomic mass is 32.1. The van der Waals surface area contributed by atoms with Crippen LogP contribution in [0.3, 0.4) is 0 Å². The van der Waals surface area contributed by atoms with Crippen LogP contribution in [0, 0.1) is 12.7 Å². The molecular weight excluding hydrogens is 555 g/mol. The number of hydrogen-bond donors (Lipinski definition) is 1. The third-order valence-electron chi connectivity index (χ3n) is 5.92. The lowest BCUT2D eigenvalue weighted by Crippen LogP contribution is -2.28. The summed E-state index contributed by atoms with van der Waals surface area (Å²) in [7, 11) is 0. The lowest BCUT2D eigenvalue weighted by Gasteiger charge is -2.18. The zero-order valence-electron chi connectivity index (χ0n) is 20.4. The molecule has 0 radical (unpaired) electrons. The van der Waals surface area contributed by atoms with Crippen molar-refractivity contribution in [2.24, 2.45) is 0 Å². The number of benzene rings is 1. The molecule has 1 saturated heterocycles. The van der Waals surface area contributed by atoms with Crippen LogP contribution in [0.15, 0.2) is 30.6 Å². The highest BCUT2D eigenvalue weighted by Gasteiger charge is 2.33. The molecule has 0 bridgehead atoms. The van der Waals surface area contributed by atoms with Crippen LogP contribution in [-0.4, -0.2) is 57.1 Å². The molecule has 0 aliphatic carbocycles. The molecule has 0 unspecified atom stereocenters. The van der Waals surface area contributed by atoms with Crippen LogP contribution in [0.2, 0.25) is 0 Å². The maximum atomic E-state index is 14.4. The second-order valence-corrected chi connectivity index (χ2v) is 9.79. The van der Waals surface area contributed by atoms with Gasteiger partial charge in [0.1, 0.15) is 6.10 Å². The van der Waals surface area contributed by atoms with Crippen molar-refractivity contribution < 1.29 is 40.3 Å². The van der Waals surface area contributed by atoms with E-state index in [-0.39, 0.29) is 42.2 Å². The average molecular weight is 578 g/mol. The Balaban J connectivity index is 1.41. The number of aryl methyl sites for hydroxylation is 1. The predicted molar refractivity (Wildman–Crippen MR) is 127 cm³/mol. The second kappa shape index (κ2) is 11.4. The monoisotopic (exact) mass is 577 g/mol. The van der Waals surface area contributed by atoms with E-state index < -0.39 is 42.3 Å². The standard InChI is InChI=1S/C24H22F7N5O2S/c1-13-21(19(39-35-13)9-15-10-33-20(11-32-15)24(29,30)31)22(37)34-14-2-3-17(25)18(8-14)38-16-4-6-36(12-16)7-5-23(26,27)28/h2-3,8,10-11,16H,4-7,9,12H2,1H3,(H,34,37)/t16-/m0/s1. The highest BCUT2D eigenvalue weighted by Crippen LogP contribution is 2.29. The average Bonchev–Trinajstić information content (AvgIpc) is 3.45. The number of ether oxygens (including phenoxy) is 1. The maximum absolute atomic E-state index is 14.4. The van der Waals surface area contributed by atoms with Gasteiger partial charge in [-0.3, -0.25) is 14.7 Å². The molecule has 39 heavy (non-hydrogen) atoms. The Morgan fingerprint density at radius 3 is 2.62 bits per heavy atom. The number of halogens is 7. The molecule has 1 aliphatic heterocycles. The lowest BCUT2D eigenvalue weighted by atomic mass is 10.1. The van der Waals surface area contributed by atoms with Gasteiger partial charge in [0, 0.05) is 48.9 Å². The van der Waals surface area contributed by atoms with Gasteiger partial charge in [-0.2, -0.15) is 30.7 Å². The second-order valence-electron chi connectivity index (χ2n) is 8.93. The first kappa shape index (κ1) is 28.7. The molecule has 1 amide bonds. The number of nitrogens with one attached hydrogen (secondary N) is 1. The van der Waals surface area contributed by atoms with Gasteiger partial charge in [-0.25, -0.2) is 9.37 Å². The van der Waals surface area contributed by atoms with Crippen molar-refractivity contribution in [1.82, 2.24) is 19.2 Å². The third-order valence-corrected chi connectivity index (χ3v) is 6.86. The Kier molecular flexibility index (Phi) is 8.39. The van der Waals surface area contributed by atoms with E-state index in [2.05, 4.69) is 19.7 Å². The summed E-state index contributed by atoms with van der Waals surface area (Å²) in [5, 5.41) is 2.64. The Morgan fingerprint density at radius 1 is 1.18 bits per heavy atom. The van der Waals surface area contributed by atoms with Gasteiger partial charge in [0.25, 0.3) is 5.91 Å². The zero-order valence-corrected chi connectivity index (χ0v) is 21.2. The van der Waals surface area contributed by atoms with Crippen molar-refractivity contribution in [2.75, 3.05) is 25.0 Å². The molecule has 1 atom stereocenters. The Labute approximate surface area is 222 Å². The van der Waals surface area contributed by atoms with Crippen molar-refractivity contribution in [3.8, 4) is 5.75 Å². The molecule has 1 fully saturated rings. The molecule has 1 N–H and O–H groups in total. The zero-order chi connectivity index (χ0) is 28.4. The molecule has 2 aromatic heterocycles. The van der Waals surface area contributed by atoms with Gasteiger partial charge in [-0.15, -0.1) is 0 Å². The summed E-state index contributed by atoms with van der Waals surface area (Å²) < 4.78 is 99.9. The fourth-order valence-electron chi connectivity index (χ4n) is 4.01. The smallest absolute Gasteiger partial charge is 0.434 e. The van der Waals surface area contributed by atoms with Gasteiger partial charge in [0.2, 0.25) is 0 Å². The van der Waals surface area contributed by atoms with E-state index in [1.54, 1.807) is 11.8 Å². The molecule has 7 nitrogen and oxygen atoms in total. The molecule has 15 heteroatoms. The van der Waals surface area contributed by atoms with Crippen molar-refractivity contribution in [1.29, 1.82) is 0 Å². The van der Waals surface area contributed by atoms with Crippen LogP contribution < -0.4 is 10.1 Å². The minimum Gasteiger partial charge on any atom is -0.486 e. The summed E-state index contributed by atoms with van der Waals surface area (Å²) in [5.41, 5.74) is -0.140. The van der Waals surface area contributed by atoms with E-state index >= 15 is 0 Å². The van der Waals surface area contributed by atoms with Crippen LogP contribution in [0.1, 0.15) is 45.2 Å². The van der Waals surface area contributed by atoms with Crippen LogP contribution >= 0.6 is 11.5 Å². The number of likely N-dealkylation sites (tertiary alicyclic amines) is 1. The van der Waals surface area contributed by atoms with Crippen LogP contribution in [0.5, 0.6) is 5.75 Å². The van der Waals surface area contributed by atoms with Crippen molar-refractivity contribution in [3.05, 3.63) is 63.9 Å². The SMILES string of the molecule is Cc1nsc(Cc2cnc(C(F)(F)F)cn2)c1C(=O)Nc1ccc(F)c(O[C@H]2CCN(CCC(F)(F)F)C2)c1. The van der Waals surface area contributed by atoms with E-state index in [0.29, 0.717) is 29.7 Å². The summed E-state index contributed by atoms with van der Waals surface area (Å²) >= 11 is 0.992. The molecule has 0 saturated carbocycles. The van der Waals surface area contributed by atoms with Gasteiger partial charge in [-0.05, 0) is 37.0 Å². The van der Waals surface area contributed by atoms with Gasteiger partial charge in [0.05, 0.1) is 29.6 Å². The number of nitrogens with zero attached hydrogens (tertiary/aromatic N) is 4. The predicted octanol–water partition coefficient (Wildman–Crippen LogP) is 5.65. The molecule has 4 rings (SSSR count). The Morgan fingerprint density at radius 2 is 1.95 bits per heavy atom. The molecule has 0 spiro atoms. The summed E-state index contributed by atoms with van der Waals surface area (Å²) in [6.07, 6.45) is -8.32. The lowest BCUT2D eigenvalue weighted by molar-refractivity contribution is -0.141. The molecule has 3 aromatic rings. The first-order valence-electron chi connectivity index (χ1n) is 11.7. The summed E-state index contributed by atoms with van der Waals surface area (Å²) in [6, 6.07) is 3.70. The van der Waals surface area contributed by atoms with E-state index in [9.17, 15) is 35.5 Å². The topological polar surface area (TPSA) is 80.2 Å². The van der Waals surface area contributed by atoms with Crippen LogP contribution in [-0.2, 0) is 12.6 Å². The Hall–Kier alpha value is -3.33. The van der Waals surface area contributed by atoms with Crippen molar-refractivity contribution in [3.63, 3.8) is 0 Å². The first-order valence-corrected chi connectivity index (χ1v) is 12.5. The number of rotatable bonds is 8. The van der Waals surface area contributed by atoms with Crippen molar-refractivity contribution >= 4 is 23.1 Å². The van der Waals surface area contributed by atoms with Gasteiger partial charge < -0.3 is 10.1 Å². The van der Waals surface area contributed by atoms with Crippen LogP contribution in [0.25, 0.3) is 0 Å². The molecule has 3 heterocycles. The van der Waals surface area contributed by atoms with Crippen molar-refractivity contribution in [2.45, 2.75) is 44.6 Å². The maximum Gasteiger partial charge on any atom is 0.434 e. The number of carbonyl (C=O) groups excluding carboxylic acids is 1. The number of hydrogen-bond acceptors (Lipinski definition) is 7. The van der Waals surface area contributed by atoms with Gasteiger partial charge in [0.15, 0.2) is 17.3 Å². The molecule has 1 aromatic carbocycles. The molecule has 210 valence electrons. The largest absolute Gasteiger partial charge is 0.486 e. The number of amides is 1. The number of carbonyl (C=O) groups is 1. The van der Waals surface area contributed by atoms with E-state index in [4.69, 9.17) is 4.74 Å². The van der Waals surface area contributed by atoms with Gasteiger partial charge in [-0.1, -0.05) is 0 Å². The summed E-state index contributed by atoms with van der Waals surface area (Å²) in [5.74, 6) is -1.43. The first-order chi connectivity index (χ1) is 18.3. The quantitative estimate of drug-likeness (QED) is 0.349. The van der Waals surface area contributed by atoms with Crippen LogP contribution in [0.4, 0.5) is 36.4 Å². The van der Waals surface area contributed by atoms with E-state index in [0.717, 1.165) is 23.8 Å². The summed E-state index contributed by atoms with van der Waals surface area (Å²) in [4.78, 5) is 22.3. The minimum absolute atomic E-state index is 0.0176. The highest BCUT2D eigenvalue weighted by molar-refractivity contribution is 7.06. The number of alkyl halides is 6. The fourth-order valence-corrected chi connectivity index (χ4v) is 4.89. The minimum atomic E-state index is -4.63. The van der Waals surface area contributed by atoms with E-state index in [1.807, 2.05) is 0 Å². The molecular formula is C24H22F7N5O2S. The normalized spacial score (nSPS) is 16.5. The fraction of sp³-hybridized carbons (Fsp3) is 0.417. The Bertz CT molecular complexity index is 1310.